The summed E-state index contributed by atoms with van der Waals surface area (Å²) < 4.78 is 4.96. The molecule has 0 spiro atoms. The van der Waals surface area contributed by atoms with Crippen molar-refractivity contribution in [3.05, 3.63) is 0 Å². The van der Waals surface area contributed by atoms with Crippen LogP contribution in [0.5, 0.6) is 0 Å². The maximum atomic E-state index is 5.42. The molecule has 0 aromatic rings. The van der Waals surface area contributed by atoms with Crippen LogP contribution in [0.4, 0.5) is 0 Å². The predicted octanol–water partition coefficient (Wildman–Crippen LogP) is 0.297. The van der Waals surface area contributed by atoms with Crippen LogP contribution in [0, 0.1) is 5.41 Å². The van der Waals surface area contributed by atoms with Crippen molar-refractivity contribution in [2.24, 2.45) is 16.9 Å². The van der Waals surface area contributed by atoms with Gasteiger partial charge in [-0.05, 0) is 0 Å². The topological polar surface area (TPSA) is 61.3 Å². The van der Waals surface area contributed by atoms with Crippen molar-refractivity contribution in [1.82, 2.24) is 0 Å². The Morgan fingerprint density at radius 1 is 1.27 bits per heavy atom. The van der Waals surface area contributed by atoms with E-state index in [0.717, 1.165) is 13.2 Å². The van der Waals surface area contributed by atoms with Gasteiger partial charge in [0.1, 0.15) is 0 Å². The van der Waals surface area contributed by atoms with Crippen LogP contribution in [0.15, 0.2) is 0 Å². The Balaban J connectivity index is 0.000000292. The summed E-state index contributed by atoms with van der Waals surface area (Å²) in [6, 6.07) is 0. The molecule has 6 heteroatoms. The fraction of sp³-hybridized carbons (Fsp3) is 1.00. The molecular formula is C5H12Cl2N2OPt. The van der Waals surface area contributed by atoms with Gasteiger partial charge in [0.05, 0.1) is 13.2 Å². The molecule has 0 aliphatic carbocycles. The van der Waals surface area contributed by atoms with Gasteiger partial charge in [0.2, 0.25) is 0 Å². The van der Waals surface area contributed by atoms with E-state index in [1.54, 1.807) is 0 Å². The van der Waals surface area contributed by atoms with Crippen molar-refractivity contribution in [1.29, 1.82) is 0 Å². The van der Waals surface area contributed by atoms with Crippen molar-refractivity contribution >= 4 is 18.8 Å². The molecule has 1 aliphatic rings. The van der Waals surface area contributed by atoms with Crippen LogP contribution in [-0.4, -0.2) is 26.3 Å². The fourth-order valence-corrected chi connectivity index (χ4v) is 0.710. The van der Waals surface area contributed by atoms with Gasteiger partial charge in [-0.25, -0.2) is 0 Å². The monoisotopic (exact) mass is 381 g/mol. The molecule has 0 aromatic carbocycles. The van der Waals surface area contributed by atoms with Gasteiger partial charge in [-0.2, -0.15) is 0 Å². The van der Waals surface area contributed by atoms with E-state index >= 15 is 0 Å². The van der Waals surface area contributed by atoms with E-state index in [1.165, 1.54) is 0 Å². The molecule has 0 bridgehead atoms. The molecule has 4 N–H and O–H groups in total. The zero-order valence-electron chi connectivity index (χ0n) is 5.96. The number of hydrogen-bond acceptors (Lipinski definition) is 3. The first-order valence-corrected chi connectivity index (χ1v) is 8.68. The van der Waals surface area contributed by atoms with Gasteiger partial charge in [0, 0.05) is 18.5 Å². The van der Waals surface area contributed by atoms with Gasteiger partial charge in [-0.3, -0.25) is 0 Å². The van der Waals surface area contributed by atoms with Crippen LogP contribution in [0.1, 0.15) is 0 Å². The van der Waals surface area contributed by atoms with Crippen LogP contribution in [0.2, 0.25) is 0 Å². The van der Waals surface area contributed by atoms with Crippen molar-refractivity contribution in [2.45, 2.75) is 0 Å². The summed E-state index contributed by atoms with van der Waals surface area (Å²) >= 11 is -0.472. The number of ether oxygens (including phenoxy) is 1. The molecule has 1 fully saturated rings. The Labute approximate surface area is 83.1 Å². The SMILES string of the molecule is NCC1(CN)COC1.[Cl][Pt][Cl]. The van der Waals surface area contributed by atoms with Crippen molar-refractivity contribution < 1.29 is 21.2 Å². The molecule has 1 heterocycles. The number of nitrogens with two attached hydrogens (primary N) is 2. The van der Waals surface area contributed by atoms with Gasteiger partial charge in [-0.15, -0.1) is 0 Å². The van der Waals surface area contributed by atoms with Gasteiger partial charge >= 0.3 is 35.3 Å². The van der Waals surface area contributed by atoms with Gasteiger partial charge in [0.25, 0.3) is 0 Å². The summed E-state index contributed by atoms with van der Waals surface area (Å²) in [5, 5.41) is 0. The average molecular weight is 382 g/mol. The zero-order chi connectivity index (χ0) is 8.74. The molecule has 0 amide bonds. The summed E-state index contributed by atoms with van der Waals surface area (Å²) in [6.07, 6.45) is 0. The first kappa shape index (κ1) is 12.1. The third-order valence-corrected chi connectivity index (χ3v) is 1.68. The molecule has 1 aliphatic heterocycles. The van der Waals surface area contributed by atoms with E-state index in [4.69, 9.17) is 35.0 Å². The normalized spacial score (nSPS) is 20.0. The van der Waals surface area contributed by atoms with E-state index in [0.29, 0.717) is 13.1 Å². The number of hydrogen-bond donors (Lipinski definition) is 2. The maximum absolute atomic E-state index is 5.42. The van der Waals surface area contributed by atoms with E-state index < -0.39 is 16.5 Å². The van der Waals surface area contributed by atoms with Gasteiger partial charge in [0.15, 0.2) is 0 Å². The van der Waals surface area contributed by atoms with Crippen LogP contribution in [0.3, 0.4) is 0 Å². The van der Waals surface area contributed by atoms with E-state index in [2.05, 4.69) is 0 Å². The Hall–Kier alpha value is 1.15. The Bertz CT molecular complexity index is 89.0. The molecule has 72 valence electrons. The van der Waals surface area contributed by atoms with E-state index in [-0.39, 0.29) is 5.41 Å². The number of rotatable bonds is 2. The summed E-state index contributed by atoms with van der Waals surface area (Å²) in [6.45, 7) is 2.81. The Kier molecular flexibility index (Phi) is 7.33. The van der Waals surface area contributed by atoms with Crippen LogP contribution < -0.4 is 11.5 Å². The fourth-order valence-electron chi connectivity index (χ4n) is 0.710. The zero-order valence-corrected chi connectivity index (χ0v) is 9.75. The standard InChI is InChI=1S/C5H12N2O.2ClH.Pt/c6-1-5(2-7)3-8-4-5;;;/h1-4,6-7H2;2*1H;/q;;;+2/p-2. The van der Waals surface area contributed by atoms with Crippen molar-refractivity contribution in [2.75, 3.05) is 26.3 Å². The Morgan fingerprint density at radius 2 is 1.64 bits per heavy atom. The molecule has 1 saturated heterocycles. The van der Waals surface area contributed by atoms with E-state index in [1.807, 2.05) is 0 Å². The van der Waals surface area contributed by atoms with Crippen molar-refractivity contribution in [3.63, 3.8) is 0 Å². The molecule has 1 rings (SSSR count). The summed E-state index contributed by atoms with van der Waals surface area (Å²) in [4.78, 5) is 0. The molecule has 11 heavy (non-hydrogen) atoms. The predicted molar refractivity (Wildman–Crippen MR) is 43.1 cm³/mol. The second-order valence-corrected chi connectivity index (χ2v) is 5.73. The van der Waals surface area contributed by atoms with Crippen LogP contribution in [0.25, 0.3) is 0 Å². The molecule has 0 saturated carbocycles. The Morgan fingerprint density at radius 3 is 1.64 bits per heavy atom. The molecular weight excluding hydrogens is 370 g/mol. The third kappa shape index (κ3) is 4.07. The van der Waals surface area contributed by atoms with Crippen LogP contribution >= 0.6 is 18.8 Å². The second kappa shape index (κ2) is 6.64. The van der Waals surface area contributed by atoms with E-state index in [9.17, 15) is 0 Å². The summed E-state index contributed by atoms with van der Waals surface area (Å²) in [7, 11) is 9.75. The average Bonchev–Trinajstić information content (AvgIpc) is 1.90. The minimum absolute atomic E-state index is 0.139. The molecule has 0 unspecified atom stereocenters. The quantitative estimate of drug-likeness (QED) is 0.723. The molecule has 3 nitrogen and oxygen atoms in total. The van der Waals surface area contributed by atoms with Gasteiger partial charge in [-0.1, -0.05) is 0 Å². The first-order valence-electron chi connectivity index (χ1n) is 3.05. The first-order chi connectivity index (χ1) is 5.24. The summed E-state index contributed by atoms with van der Waals surface area (Å²) in [5.74, 6) is 0. The molecule has 0 aromatic heterocycles. The minimum atomic E-state index is -0.472. The number of halogens is 2. The third-order valence-electron chi connectivity index (χ3n) is 1.68. The molecule has 0 radical (unpaired) electrons. The molecule has 0 atom stereocenters. The van der Waals surface area contributed by atoms with Crippen molar-refractivity contribution in [3.8, 4) is 0 Å². The summed E-state index contributed by atoms with van der Waals surface area (Å²) in [5.41, 5.74) is 11.0. The second-order valence-electron chi connectivity index (χ2n) is 2.45. The van der Waals surface area contributed by atoms with Gasteiger partial charge < -0.3 is 16.2 Å². The van der Waals surface area contributed by atoms with Crippen LogP contribution in [-0.2, 0) is 21.2 Å².